The summed E-state index contributed by atoms with van der Waals surface area (Å²) in [6, 6.07) is 15.0. The zero-order chi connectivity index (χ0) is 19.6. The molecule has 0 bridgehead atoms. The van der Waals surface area contributed by atoms with E-state index in [4.69, 9.17) is 14.2 Å². The van der Waals surface area contributed by atoms with Crippen LogP contribution in [0, 0.1) is 0 Å². The zero-order valence-corrected chi connectivity index (χ0v) is 16.3. The molecule has 0 saturated heterocycles. The van der Waals surface area contributed by atoms with E-state index in [1.807, 2.05) is 48.5 Å². The highest BCUT2D eigenvalue weighted by atomic mass is 16.5. The minimum absolute atomic E-state index is 0.228. The summed E-state index contributed by atoms with van der Waals surface area (Å²) in [5, 5.41) is 5.67. The Balaban J connectivity index is 1.37. The van der Waals surface area contributed by atoms with E-state index >= 15 is 0 Å². The van der Waals surface area contributed by atoms with Crippen LogP contribution >= 0.6 is 0 Å². The van der Waals surface area contributed by atoms with Gasteiger partial charge in [0.25, 0.3) is 0 Å². The van der Waals surface area contributed by atoms with Crippen LogP contribution in [0.3, 0.4) is 0 Å². The van der Waals surface area contributed by atoms with Crippen molar-refractivity contribution in [2.75, 3.05) is 20.3 Å². The number of nitrogens with one attached hydrogen (secondary N) is 2. The van der Waals surface area contributed by atoms with Gasteiger partial charge in [-0.3, -0.25) is 0 Å². The third kappa shape index (κ3) is 6.08. The van der Waals surface area contributed by atoms with Gasteiger partial charge in [-0.15, -0.1) is 0 Å². The number of hydrogen-bond acceptors (Lipinski definition) is 4. The minimum Gasteiger partial charge on any atom is -0.497 e. The number of carbonyl (C=O) groups is 1. The third-order valence-electron chi connectivity index (χ3n) is 4.72. The lowest BCUT2D eigenvalue weighted by Crippen LogP contribution is -2.37. The van der Waals surface area contributed by atoms with Crippen LogP contribution in [0.4, 0.5) is 4.79 Å². The van der Waals surface area contributed by atoms with E-state index in [-0.39, 0.29) is 6.03 Å². The van der Waals surface area contributed by atoms with E-state index in [9.17, 15) is 4.79 Å². The Hall–Kier alpha value is -2.89. The van der Waals surface area contributed by atoms with Gasteiger partial charge in [0, 0.05) is 12.1 Å². The fourth-order valence-electron chi connectivity index (χ4n) is 3.19. The fourth-order valence-corrected chi connectivity index (χ4v) is 3.19. The van der Waals surface area contributed by atoms with Gasteiger partial charge < -0.3 is 24.8 Å². The van der Waals surface area contributed by atoms with Gasteiger partial charge in [0.1, 0.15) is 23.9 Å². The average Bonchev–Trinajstić information content (AvgIpc) is 3.24. The van der Waals surface area contributed by atoms with Crippen molar-refractivity contribution in [1.82, 2.24) is 10.6 Å². The second-order valence-electron chi connectivity index (χ2n) is 6.77. The van der Waals surface area contributed by atoms with Crippen molar-refractivity contribution in [3.05, 3.63) is 54.1 Å². The lowest BCUT2D eigenvalue weighted by atomic mass is 10.2. The number of hydrogen-bond donors (Lipinski definition) is 2. The summed E-state index contributed by atoms with van der Waals surface area (Å²) in [5.41, 5.74) is 0.985. The molecule has 0 atom stereocenters. The molecular formula is C22H28N2O4. The predicted octanol–water partition coefficient (Wildman–Crippen LogP) is 3.89. The van der Waals surface area contributed by atoms with Crippen LogP contribution in [-0.2, 0) is 6.54 Å². The first-order chi connectivity index (χ1) is 13.7. The number of amides is 2. The Morgan fingerprint density at radius 3 is 2.46 bits per heavy atom. The van der Waals surface area contributed by atoms with E-state index in [0.717, 1.165) is 35.7 Å². The fraction of sp³-hybridized carbons (Fsp3) is 0.409. The molecule has 2 aromatic carbocycles. The molecule has 0 unspecified atom stereocenters. The number of ether oxygens (including phenoxy) is 3. The van der Waals surface area contributed by atoms with Crippen molar-refractivity contribution in [2.45, 2.75) is 38.3 Å². The molecule has 150 valence electrons. The Kier molecular flexibility index (Phi) is 7.41. The van der Waals surface area contributed by atoms with Crippen LogP contribution in [0.2, 0.25) is 0 Å². The van der Waals surface area contributed by atoms with Gasteiger partial charge in [-0.25, -0.2) is 4.79 Å². The minimum atomic E-state index is -0.228. The lowest BCUT2D eigenvalue weighted by Gasteiger charge is -2.17. The van der Waals surface area contributed by atoms with Gasteiger partial charge in [0.15, 0.2) is 0 Å². The van der Waals surface area contributed by atoms with E-state index in [1.165, 1.54) is 12.8 Å². The summed E-state index contributed by atoms with van der Waals surface area (Å²) in [7, 11) is 1.62. The Morgan fingerprint density at radius 2 is 1.71 bits per heavy atom. The van der Waals surface area contributed by atoms with Crippen LogP contribution in [-0.4, -0.2) is 32.4 Å². The summed E-state index contributed by atoms with van der Waals surface area (Å²) < 4.78 is 16.8. The molecule has 0 radical (unpaired) electrons. The molecule has 1 aliphatic carbocycles. The van der Waals surface area contributed by atoms with Gasteiger partial charge in [-0.2, -0.15) is 0 Å². The lowest BCUT2D eigenvalue weighted by molar-refractivity contribution is 0.207. The molecule has 28 heavy (non-hydrogen) atoms. The molecule has 0 spiro atoms. The molecular weight excluding hydrogens is 356 g/mol. The summed E-state index contributed by atoms with van der Waals surface area (Å²) in [5.74, 6) is 2.38. The van der Waals surface area contributed by atoms with Crippen molar-refractivity contribution in [3.8, 4) is 17.2 Å². The first kappa shape index (κ1) is 19.9. The first-order valence-corrected chi connectivity index (χ1v) is 9.77. The summed E-state index contributed by atoms with van der Waals surface area (Å²) >= 11 is 0. The Morgan fingerprint density at radius 1 is 1.00 bits per heavy atom. The summed E-state index contributed by atoms with van der Waals surface area (Å²) in [4.78, 5) is 12.0. The number of para-hydroxylation sites is 1. The smallest absolute Gasteiger partial charge is 0.315 e. The molecule has 2 amide bonds. The van der Waals surface area contributed by atoms with Gasteiger partial charge in [0.05, 0.1) is 19.8 Å². The molecule has 2 aromatic rings. The maximum absolute atomic E-state index is 12.0. The molecule has 0 aromatic heterocycles. The number of rotatable bonds is 9. The number of urea groups is 1. The first-order valence-electron chi connectivity index (χ1n) is 9.77. The van der Waals surface area contributed by atoms with Crippen molar-refractivity contribution in [1.29, 1.82) is 0 Å². The molecule has 1 saturated carbocycles. The van der Waals surface area contributed by atoms with E-state index < -0.39 is 0 Å². The molecule has 3 rings (SSSR count). The van der Waals surface area contributed by atoms with Gasteiger partial charge in [0.2, 0.25) is 0 Å². The highest BCUT2D eigenvalue weighted by Crippen LogP contribution is 2.26. The highest BCUT2D eigenvalue weighted by Gasteiger charge is 2.17. The maximum atomic E-state index is 12.0. The molecule has 0 aliphatic heterocycles. The molecule has 1 aliphatic rings. The predicted molar refractivity (Wildman–Crippen MR) is 108 cm³/mol. The van der Waals surface area contributed by atoms with Crippen LogP contribution in [0.25, 0.3) is 0 Å². The molecule has 6 heteroatoms. The Bertz CT molecular complexity index is 742. The van der Waals surface area contributed by atoms with Crippen molar-refractivity contribution < 1.29 is 19.0 Å². The van der Waals surface area contributed by atoms with Gasteiger partial charge in [-0.1, -0.05) is 18.2 Å². The number of benzene rings is 2. The maximum Gasteiger partial charge on any atom is 0.315 e. The molecule has 1 fully saturated rings. The van der Waals surface area contributed by atoms with Crippen molar-refractivity contribution >= 4 is 6.03 Å². The molecule has 0 heterocycles. The Labute approximate surface area is 166 Å². The quantitative estimate of drug-likeness (QED) is 0.644. The van der Waals surface area contributed by atoms with Gasteiger partial charge >= 0.3 is 6.03 Å². The number of methoxy groups -OCH3 is 1. The average molecular weight is 384 g/mol. The van der Waals surface area contributed by atoms with Crippen molar-refractivity contribution in [2.24, 2.45) is 0 Å². The monoisotopic (exact) mass is 384 g/mol. The van der Waals surface area contributed by atoms with E-state index in [2.05, 4.69) is 10.6 Å². The topological polar surface area (TPSA) is 68.8 Å². The second-order valence-corrected chi connectivity index (χ2v) is 6.77. The van der Waals surface area contributed by atoms with E-state index in [1.54, 1.807) is 7.11 Å². The van der Waals surface area contributed by atoms with Crippen LogP contribution < -0.4 is 24.8 Å². The summed E-state index contributed by atoms with van der Waals surface area (Å²) in [6.07, 6.45) is 4.97. The van der Waals surface area contributed by atoms with Crippen molar-refractivity contribution in [3.63, 3.8) is 0 Å². The third-order valence-corrected chi connectivity index (χ3v) is 4.72. The normalized spacial score (nSPS) is 13.8. The SMILES string of the molecule is COc1ccc(OCCNC(=O)NCc2ccccc2OC2CCCC2)cc1. The molecule has 2 N–H and O–H groups in total. The van der Waals surface area contributed by atoms with Crippen LogP contribution in [0.1, 0.15) is 31.2 Å². The molecule has 6 nitrogen and oxygen atoms in total. The zero-order valence-electron chi connectivity index (χ0n) is 16.3. The standard InChI is InChI=1S/C22H28N2O4/c1-26-18-10-12-19(13-11-18)27-15-14-23-22(25)24-16-17-6-2-5-9-21(17)28-20-7-3-4-8-20/h2,5-6,9-13,20H,3-4,7-8,14-16H2,1H3,(H2,23,24,25). The second kappa shape index (κ2) is 10.4. The van der Waals surface area contributed by atoms with Crippen LogP contribution in [0.15, 0.2) is 48.5 Å². The number of carbonyl (C=O) groups excluding carboxylic acids is 1. The van der Waals surface area contributed by atoms with Crippen LogP contribution in [0.5, 0.6) is 17.2 Å². The van der Waals surface area contributed by atoms with E-state index in [0.29, 0.717) is 25.8 Å². The van der Waals surface area contributed by atoms with Gasteiger partial charge in [-0.05, 0) is 56.0 Å². The highest BCUT2D eigenvalue weighted by molar-refractivity contribution is 5.73. The largest absolute Gasteiger partial charge is 0.497 e. The summed E-state index contributed by atoms with van der Waals surface area (Å²) in [6.45, 7) is 1.23.